The molecule has 0 saturated carbocycles. The fourth-order valence-corrected chi connectivity index (χ4v) is 3.68. The van der Waals surface area contributed by atoms with Crippen LogP contribution >= 0.6 is 0 Å². The first-order chi connectivity index (χ1) is 14.5. The lowest BCUT2D eigenvalue weighted by molar-refractivity contribution is -0.383. The summed E-state index contributed by atoms with van der Waals surface area (Å²) in [5.74, 6) is -0.499. The Bertz CT molecular complexity index is 1080. The first kappa shape index (κ1) is 19.7. The lowest BCUT2D eigenvalue weighted by Crippen LogP contribution is -2.48. The molecule has 30 heavy (non-hydrogen) atoms. The Balaban J connectivity index is 1.40. The fraction of sp³-hybridized carbons (Fsp3) is 0.238. The van der Waals surface area contributed by atoms with Crippen LogP contribution < -0.4 is 10.2 Å². The highest BCUT2D eigenvalue weighted by Gasteiger charge is 2.22. The first-order valence-corrected chi connectivity index (χ1v) is 9.55. The maximum absolute atomic E-state index is 13.0. The molecule has 0 unspecified atom stereocenters. The molecule has 1 saturated heterocycles. The molecule has 1 aliphatic heterocycles. The van der Waals surface area contributed by atoms with Gasteiger partial charge in [-0.15, -0.1) is 0 Å². The topological polar surface area (TPSA) is 91.6 Å². The number of nitrogens with zero attached hydrogens (tertiary/aromatic N) is 4. The zero-order chi connectivity index (χ0) is 21.1. The number of nitro groups is 1. The van der Waals surface area contributed by atoms with Crippen LogP contribution in [0.1, 0.15) is 0 Å². The zero-order valence-corrected chi connectivity index (χ0v) is 16.1. The summed E-state index contributed by atoms with van der Waals surface area (Å²) in [4.78, 5) is 31.4. The van der Waals surface area contributed by atoms with Crippen molar-refractivity contribution in [3.8, 4) is 0 Å². The maximum atomic E-state index is 13.0. The summed E-state index contributed by atoms with van der Waals surface area (Å²) < 4.78 is 13.0. The Kier molecular flexibility index (Phi) is 5.53. The van der Waals surface area contributed by atoms with Crippen molar-refractivity contribution in [2.45, 2.75) is 0 Å². The number of carbonyl (C=O) groups excluding carboxylic acids is 1. The number of pyridine rings is 1. The van der Waals surface area contributed by atoms with Gasteiger partial charge in [-0.1, -0.05) is 0 Å². The number of nitro benzene ring substituents is 1. The summed E-state index contributed by atoms with van der Waals surface area (Å²) in [5, 5.41) is 15.4. The summed E-state index contributed by atoms with van der Waals surface area (Å²) in [6.07, 6.45) is 3.15. The Morgan fingerprint density at radius 3 is 2.50 bits per heavy atom. The molecule has 1 aromatic heterocycles. The lowest BCUT2D eigenvalue weighted by Gasteiger charge is -2.36. The average Bonchev–Trinajstić information content (AvgIpc) is 2.75. The SMILES string of the molecule is O=C(CN1CCN(c2ccc([N+](=O)[O-])c3cnccc23)CC1)Nc1ccc(F)cc1. The highest BCUT2D eigenvalue weighted by atomic mass is 19.1. The van der Waals surface area contributed by atoms with Crippen LogP contribution in [0.2, 0.25) is 0 Å². The van der Waals surface area contributed by atoms with E-state index in [2.05, 4.69) is 15.2 Å². The number of aromatic nitrogens is 1. The van der Waals surface area contributed by atoms with Gasteiger partial charge in [-0.25, -0.2) is 4.39 Å². The number of hydrogen-bond donors (Lipinski definition) is 1. The van der Waals surface area contributed by atoms with Crippen LogP contribution in [0.4, 0.5) is 21.5 Å². The van der Waals surface area contributed by atoms with Crippen LogP contribution in [0.15, 0.2) is 54.9 Å². The largest absolute Gasteiger partial charge is 0.368 e. The second-order valence-corrected chi connectivity index (χ2v) is 7.10. The van der Waals surface area contributed by atoms with E-state index in [1.165, 1.54) is 36.5 Å². The number of nitrogens with one attached hydrogen (secondary N) is 1. The standard InChI is InChI=1S/C21H20FN5O3/c22-15-1-3-16(4-2-15)24-21(28)14-25-9-11-26(12-10-25)19-5-6-20(27(29)30)18-13-23-8-7-17(18)19/h1-8,13H,9-12,14H2,(H,24,28). The Hall–Kier alpha value is -3.59. The first-order valence-electron chi connectivity index (χ1n) is 9.55. The smallest absolute Gasteiger partial charge is 0.278 e. The molecule has 1 amide bonds. The van der Waals surface area contributed by atoms with Crippen LogP contribution in [0.25, 0.3) is 10.8 Å². The molecule has 3 aromatic rings. The van der Waals surface area contributed by atoms with Crippen molar-refractivity contribution in [2.24, 2.45) is 0 Å². The van der Waals surface area contributed by atoms with Gasteiger partial charge in [-0.2, -0.15) is 0 Å². The minimum atomic E-state index is -0.397. The molecule has 1 fully saturated rings. The Morgan fingerprint density at radius 1 is 1.07 bits per heavy atom. The summed E-state index contributed by atoms with van der Waals surface area (Å²) in [6.45, 7) is 3.00. The number of piperazine rings is 1. The van der Waals surface area contributed by atoms with Gasteiger partial charge in [-0.3, -0.25) is 24.8 Å². The number of carbonyl (C=O) groups is 1. The molecule has 0 spiro atoms. The highest BCUT2D eigenvalue weighted by Crippen LogP contribution is 2.33. The number of benzene rings is 2. The number of halogens is 1. The molecule has 4 rings (SSSR count). The van der Waals surface area contributed by atoms with Crippen molar-refractivity contribution in [3.63, 3.8) is 0 Å². The van der Waals surface area contributed by atoms with Gasteiger partial charge in [0, 0.05) is 61.4 Å². The predicted molar refractivity (Wildman–Crippen MR) is 112 cm³/mol. The Morgan fingerprint density at radius 2 is 1.80 bits per heavy atom. The fourth-order valence-electron chi connectivity index (χ4n) is 3.68. The maximum Gasteiger partial charge on any atom is 0.278 e. The second kappa shape index (κ2) is 8.42. The van der Waals surface area contributed by atoms with Crippen LogP contribution in [0.5, 0.6) is 0 Å². The van der Waals surface area contributed by atoms with E-state index in [1.54, 1.807) is 18.3 Å². The van der Waals surface area contributed by atoms with Crippen LogP contribution in [0, 0.1) is 15.9 Å². The molecule has 1 aliphatic rings. The summed E-state index contributed by atoms with van der Waals surface area (Å²) >= 11 is 0. The molecule has 9 heteroatoms. The molecular formula is C21H20FN5O3. The van der Waals surface area contributed by atoms with Gasteiger partial charge in [0.05, 0.1) is 16.9 Å². The monoisotopic (exact) mass is 409 g/mol. The third kappa shape index (κ3) is 4.20. The van der Waals surface area contributed by atoms with E-state index in [-0.39, 0.29) is 24.0 Å². The molecule has 1 N–H and O–H groups in total. The van der Waals surface area contributed by atoms with E-state index < -0.39 is 4.92 Å². The van der Waals surface area contributed by atoms with Crippen molar-refractivity contribution in [2.75, 3.05) is 42.9 Å². The molecule has 0 radical (unpaired) electrons. The predicted octanol–water partition coefficient (Wildman–Crippen LogP) is 3.04. The number of rotatable bonds is 5. The number of fused-ring (bicyclic) bond motifs is 1. The quantitative estimate of drug-likeness (QED) is 0.514. The van der Waals surface area contributed by atoms with Crippen molar-refractivity contribution in [1.82, 2.24) is 9.88 Å². The minimum Gasteiger partial charge on any atom is -0.368 e. The molecule has 0 aliphatic carbocycles. The van der Waals surface area contributed by atoms with Gasteiger partial charge in [0.1, 0.15) is 5.82 Å². The highest BCUT2D eigenvalue weighted by molar-refractivity contribution is 5.99. The normalized spacial score (nSPS) is 14.6. The van der Waals surface area contributed by atoms with E-state index in [1.807, 2.05) is 4.90 Å². The van der Waals surface area contributed by atoms with Gasteiger partial charge in [0.25, 0.3) is 5.69 Å². The van der Waals surface area contributed by atoms with Crippen LogP contribution in [-0.4, -0.2) is 53.4 Å². The van der Waals surface area contributed by atoms with Gasteiger partial charge < -0.3 is 10.2 Å². The van der Waals surface area contributed by atoms with Crippen molar-refractivity contribution < 1.29 is 14.1 Å². The van der Waals surface area contributed by atoms with E-state index in [0.717, 1.165) is 11.1 Å². The average molecular weight is 409 g/mol. The molecular weight excluding hydrogens is 389 g/mol. The number of hydrogen-bond acceptors (Lipinski definition) is 6. The Labute approximate surface area is 172 Å². The zero-order valence-electron chi connectivity index (χ0n) is 16.1. The summed E-state index contributed by atoms with van der Waals surface area (Å²) in [6, 6.07) is 10.7. The van der Waals surface area contributed by atoms with E-state index in [0.29, 0.717) is 37.3 Å². The summed E-state index contributed by atoms with van der Waals surface area (Å²) in [5.41, 5.74) is 1.53. The van der Waals surface area contributed by atoms with Gasteiger partial charge in [0.15, 0.2) is 0 Å². The second-order valence-electron chi connectivity index (χ2n) is 7.10. The molecule has 2 heterocycles. The lowest BCUT2D eigenvalue weighted by atomic mass is 10.1. The van der Waals surface area contributed by atoms with Crippen LogP contribution in [-0.2, 0) is 4.79 Å². The van der Waals surface area contributed by atoms with Gasteiger partial charge in [-0.05, 0) is 36.4 Å². The molecule has 8 nitrogen and oxygen atoms in total. The van der Waals surface area contributed by atoms with Crippen molar-refractivity contribution in [1.29, 1.82) is 0 Å². The van der Waals surface area contributed by atoms with Crippen molar-refractivity contribution >= 4 is 33.7 Å². The number of non-ortho nitro benzene ring substituents is 1. The molecule has 0 atom stereocenters. The molecule has 154 valence electrons. The number of amides is 1. The minimum absolute atomic E-state index is 0.0398. The number of anilines is 2. The molecule has 0 bridgehead atoms. The van der Waals surface area contributed by atoms with Gasteiger partial charge >= 0.3 is 0 Å². The van der Waals surface area contributed by atoms with E-state index in [4.69, 9.17) is 0 Å². The molecule has 2 aromatic carbocycles. The van der Waals surface area contributed by atoms with Crippen molar-refractivity contribution in [3.05, 3.63) is 70.8 Å². The van der Waals surface area contributed by atoms with E-state index in [9.17, 15) is 19.3 Å². The third-order valence-electron chi connectivity index (χ3n) is 5.18. The summed E-state index contributed by atoms with van der Waals surface area (Å²) in [7, 11) is 0. The van der Waals surface area contributed by atoms with E-state index >= 15 is 0 Å². The third-order valence-corrected chi connectivity index (χ3v) is 5.18. The van der Waals surface area contributed by atoms with Gasteiger partial charge in [0.2, 0.25) is 5.91 Å². The van der Waals surface area contributed by atoms with Crippen LogP contribution in [0.3, 0.4) is 0 Å².